The van der Waals surface area contributed by atoms with Crippen molar-refractivity contribution in [2.24, 2.45) is 0 Å². The van der Waals surface area contributed by atoms with Gasteiger partial charge in [0.1, 0.15) is 0 Å². The van der Waals surface area contributed by atoms with Crippen LogP contribution >= 0.6 is 0 Å². The summed E-state index contributed by atoms with van der Waals surface area (Å²) in [4.78, 5) is 1.95. The second-order valence-corrected chi connectivity index (χ2v) is 3.45. The van der Waals surface area contributed by atoms with E-state index in [0.29, 0.717) is 0 Å². The Labute approximate surface area is 72.4 Å². The molecule has 0 fully saturated rings. The Morgan fingerprint density at radius 1 is 1.33 bits per heavy atom. The van der Waals surface area contributed by atoms with Crippen molar-refractivity contribution in [3.63, 3.8) is 0 Å². The summed E-state index contributed by atoms with van der Waals surface area (Å²) >= 11 is 0. The predicted octanol–water partition coefficient (Wildman–Crippen LogP) is -0.724. The van der Waals surface area contributed by atoms with Crippen molar-refractivity contribution in [2.45, 2.75) is 13.0 Å². The van der Waals surface area contributed by atoms with Gasteiger partial charge in [0.25, 0.3) is 0 Å². The van der Waals surface area contributed by atoms with Crippen LogP contribution in [0.3, 0.4) is 0 Å². The molecular formula is C5H15NO5S. The maximum atomic E-state index is 8.74. The average molecular weight is 201 g/mol. The van der Waals surface area contributed by atoms with Gasteiger partial charge in [-0.15, -0.1) is 0 Å². The highest BCUT2D eigenvalue weighted by molar-refractivity contribution is 7.79. The summed E-state index contributed by atoms with van der Waals surface area (Å²) in [6.07, 6.45) is -0.199. The van der Waals surface area contributed by atoms with Gasteiger partial charge in [0.05, 0.1) is 6.10 Å². The van der Waals surface area contributed by atoms with Gasteiger partial charge in [-0.1, -0.05) is 0 Å². The molecule has 12 heavy (non-hydrogen) atoms. The van der Waals surface area contributed by atoms with Crippen LogP contribution in [0.25, 0.3) is 0 Å². The van der Waals surface area contributed by atoms with Crippen molar-refractivity contribution in [1.29, 1.82) is 0 Å². The molecule has 0 spiro atoms. The average Bonchev–Trinajstić information content (AvgIpc) is 1.52. The van der Waals surface area contributed by atoms with E-state index in [1.165, 1.54) is 0 Å². The third-order valence-corrected chi connectivity index (χ3v) is 0.629. The fourth-order valence-corrected chi connectivity index (χ4v) is 0.528. The first kappa shape index (κ1) is 14.3. The fraction of sp³-hybridized carbons (Fsp3) is 1.00. The molecule has 0 aliphatic heterocycles. The summed E-state index contributed by atoms with van der Waals surface area (Å²) < 4.78 is 31.6. The number of aliphatic hydroxyl groups excluding tert-OH is 1. The molecule has 0 bridgehead atoms. The van der Waals surface area contributed by atoms with Crippen LogP contribution in [0.15, 0.2) is 0 Å². The van der Waals surface area contributed by atoms with E-state index >= 15 is 0 Å². The SMILES string of the molecule is CC(O)CN(C)C.O=S(=O)(O)O. The number of nitrogens with zero attached hydrogens (tertiary/aromatic N) is 1. The van der Waals surface area contributed by atoms with Crippen molar-refractivity contribution in [2.75, 3.05) is 20.6 Å². The first-order valence-electron chi connectivity index (χ1n) is 3.15. The van der Waals surface area contributed by atoms with E-state index in [2.05, 4.69) is 0 Å². The number of aliphatic hydroxyl groups is 1. The van der Waals surface area contributed by atoms with Gasteiger partial charge in [-0.25, -0.2) is 0 Å². The van der Waals surface area contributed by atoms with Gasteiger partial charge in [-0.2, -0.15) is 8.42 Å². The van der Waals surface area contributed by atoms with E-state index in [1.54, 1.807) is 6.92 Å². The molecule has 0 aromatic heterocycles. The molecule has 0 saturated carbocycles. The molecule has 76 valence electrons. The van der Waals surface area contributed by atoms with Crippen LogP contribution in [0.1, 0.15) is 6.92 Å². The summed E-state index contributed by atoms with van der Waals surface area (Å²) in [7, 11) is -0.792. The van der Waals surface area contributed by atoms with Crippen molar-refractivity contribution in [1.82, 2.24) is 4.90 Å². The molecule has 7 heteroatoms. The molecule has 0 aromatic rings. The van der Waals surface area contributed by atoms with Gasteiger partial charge in [0, 0.05) is 6.54 Å². The molecular weight excluding hydrogens is 186 g/mol. The summed E-state index contributed by atoms with van der Waals surface area (Å²) in [6.45, 7) is 2.53. The maximum absolute atomic E-state index is 8.74. The smallest absolute Gasteiger partial charge is 0.392 e. The molecule has 3 N–H and O–H groups in total. The zero-order chi connectivity index (χ0) is 10.4. The number of hydrogen-bond donors (Lipinski definition) is 3. The highest BCUT2D eigenvalue weighted by Gasteiger charge is 1.93. The monoisotopic (exact) mass is 201 g/mol. The van der Waals surface area contributed by atoms with E-state index in [9.17, 15) is 0 Å². The third kappa shape index (κ3) is 52.7. The molecule has 1 unspecified atom stereocenters. The van der Waals surface area contributed by atoms with Crippen molar-refractivity contribution < 1.29 is 22.6 Å². The van der Waals surface area contributed by atoms with Crippen LogP contribution in [0.4, 0.5) is 0 Å². The van der Waals surface area contributed by atoms with Gasteiger partial charge >= 0.3 is 10.4 Å². The predicted molar refractivity (Wildman–Crippen MR) is 44.4 cm³/mol. The molecule has 1 atom stereocenters. The summed E-state index contributed by atoms with van der Waals surface area (Å²) in [6, 6.07) is 0. The van der Waals surface area contributed by atoms with Gasteiger partial charge < -0.3 is 10.0 Å². The second-order valence-electron chi connectivity index (χ2n) is 2.56. The highest BCUT2D eigenvalue weighted by atomic mass is 32.3. The Hall–Kier alpha value is -0.210. The van der Waals surface area contributed by atoms with Gasteiger partial charge in [0.2, 0.25) is 0 Å². The highest BCUT2D eigenvalue weighted by Crippen LogP contribution is 1.80. The standard InChI is InChI=1S/C5H13NO.H2O4S/c1-5(7)4-6(2)3;1-5(2,3)4/h5,7H,4H2,1-3H3;(H2,1,2,3,4). The van der Waals surface area contributed by atoms with E-state index in [1.807, 2.05) is 19.0 Å². The molecule has 0 amide bonds. The molecule has 0 aliphatic rings. The Kier molecular flexibility index (Phi) is 7.54. The van der Waals surface area contributed by atoms with Crippen molar-refractivity contribution in [3.05, 3.63) is 0 Å². The van der Waals surface area contributed by atoms with Crippen LogP contribution in [0.5, 0.6) is 0 Å². The minimum Gasteiger partial charge on any atom is -0.392 e. The molecule has 0 saturated heterocycles. The lowest BCUT2D eigenvalue weighted by molar-refractivity contribution is 0.154. The van der Waals surface area contributed by atoms with Crippen LogP contribution < -0.4 is 0 Å². The number of rotatable bonds is 2. The van der Waals surface area contributed by atoms with E-state index < -0.39 is 10.4 Å². The molecule has 0 aliphatic carbocycles. The minimum absolute atomic E-state index is 0.199. The molecule has 0 heterocycles. The molecule has 0 radical (unpaired) electrons. The van der Waals surface area contributed by atoms with Crippen LogP contribution in [-0.4, -0.2) is 54.3 Å². The molecule has 6 nitrogen and oxygen atoms in total. The molecule has 0 rings (SSSR count). The van der Waals surface area contributed by atoms with Crippen molar-refractivity contribution >= 4 is 10.4 Å². The summed E-state index contributed by atoms with van der Waals surface area (Å²) in [5.74, 6) is 0. The Balaban J connectivity index is 0. The van der Waals surface area contributed by atoms with Crippen molar-refractivity contribution in [3.8, 4) is 0 Å². The van der Waals surface area contributed by atoms with Crippen LogP contribution in [-0.2, 0) is 10.4 Å². The second kappa shape index (κ2) is 6.32. The largest absolute Gasteiger partial charge is 0.394 e. The zero-order valence-electron chi connectivity index (χ0n) is 7.30. The fourth-order valence-electron chi connectivity index (χ4n) is 0.528. The maximum Gasteiger partial charge on any atom is 0.394 e. The van der Waals surface area contributed by atoms with Crippen LogP contribution in [0.2, 0.25) is 0 Å². The Bertz CT molecular complexity index is 172. The lowest BCUT2D eigenvalue weighted by Gasteiger charge is -2.10. The first-order chi connectivity index (χ1) is 5.13. The Morgan fingerprint density at radius 2 is 1.58 bits per heavy atom. The van der Waals surface area contributed by atoms with E-state index in [-0.39, 0.29) is 6.10 Å². The minimum atomic E-state index is -4.67. The lowest BCUT2D eigenvalue weighted by Crippen LogP contribution is -2.22. The summed E-state index contributed by atoms with van der Waals surface area (Å²) in [5, 5.41) is 8.68. The quantitative estimate of drug-likeness (QED) is 0.510. The third-order valence-electron chi connectivity index (χ3n) is 0.629. The number of likely N-dealkylation sites (N-methyl/N-ethyl adjacent to an activating group) is 1. The Morgan fingerprint density at radius 3 is 1.58 bits per heavy atom. The summed E-state index contributed by atoms with van der Waals surface area (Å²) in [5.41, 5.74) is 0. The lowest BCUT2D eigenvalue weighted by atomic mass is 10.4. The zero-order valence-corrected chi connectivity index (χ0v) is 8.11. The van der Waals surface area contributed by atoms with Gasteiger partial charge in [0.15, 0.2) is 0 Å². The van der Waals surface area contributed by atoms with Gasteiger partial charge in [-0.05, 0) is 21.0 Å². The van der Waals surface area contributed by atoms with E-state index in [0.717, 1.165) is 6.54 Å². The normalized spacial score (nSPS) is 13.6. The van der Waals surface area contributed by atoms with E-state index in [4.69, 9.17) is 22.6 Å². The topological polar surface area (TPSA) is 98.1 Å². The first-order valence-corrected chi connectivity index (χ1v) is 4.55. The van der Waals surface area contributed by atoms with Crippen LogP contribution in [0, 0.1) is 0 Å². The molecule has 0 aromatic carbocycles. The number of hydrogen-bond acceptors (Lipinski definition) is 4. The van der Waals surface area contributed by atoms with Gasteiger partial charge in [-0.3, -0.25) is 9.11 Å².